The van der Waals surface area contributed by atoms with Crippen LogP contribution in [0.1, 0.15) is 34.6 Å². The number of nitrogens with two attached hydrogens (primary N) is 1. The minimum atomic E-state index is -0.174. The fourth-order valence-corrected chi connectivity index (χ4v) is 4.27. The number of thiazole rings is 1. The first-order valence-corrected chi connectivity index (χ1v) is 9.70. The van der Waals surface area contributed by atoms with Gasteiger partial charge < -0.3 is 11.1 Å². The number of amides is 2. The number of hydrogen-bond acceptors (Lipinski definition) is 6. The third kappa shape index (κ3) is 4.19. The Morgan fingerprint density at radius 2 is 2.21 bits per heavy atom. The van der Waals surface area contributed by atoms with Crippen LogP contribution in [0.3, 0.4) is 0 Å². The summed E-state index contributed by atoms with van der Waals surface area (Å²) in [5, 5.41) is 9.99. The van der Waals surface area contributed by atoms with Crippen LogP contribution in [0.5, 0.6) is 0 Å². The van der Waals surface area contributed by atoms with Gasteiger partial charge in [0.2, 0.25) is 5.91 Å². The van der Waals surface area contributed by atoms with Crippen molar-refractivity contribution in [1.82, 2.24) is 10.3 Å². The Bertz CT molecular complexity index is 699. The van der Waals surface area contributed by atoms with E-state index in [9.17, 15) is 9.59 Å². The molecular weight excluding hydrogens is 344 g/mol. The maximum atomic E-state index is 12.2. The van der Waals surface area contributed by atoms with Crippen molar-refractivity contribution in [1.29, 1.82) is 0 Å². The number of carbonyl (C=O) groups is 2. The van der Waals surface area contributed by atoms with E-state index >= 15 is 0 Å². The zero-order chi connectivity index (χ0) is 16.9. The molecule has 2 unspecified atom stereocenters. The summed E-state index contributed by atoms with van der Waals surface area (Å²) in [6.07, 6.45) is 3.41. The lowest BCUT2D eigenvalue weighted by atomic mass is 10.0. The molecular formula is C16H20N4O2S2. The van der Waals surface area contributed by atoms with Gasteiger partial charge in [-0.3, -0.25) is 14.9 Å². The number of rotatable bonds is 6. The SMILES string of the molecule is NCC1CCCC1NC(=O)Cc1csc(NC(=O)c2cccs2)n1. The number of thiophene rings is 1. The fraction of sp³-hybridized carbons (Fsp3) is 0.438. The van der Waals surface area contributed by atoms with Crippen LogP contribution < -0.4 is 16.4 Å². The molecule has 4 N–H and O–H groups in total. The highest BCUT2D eigenvalue weighted by atomic mass is 32.1. The van der Waals surface area contributed by atoms with Gasteiger partial charge in [-0.1, -0.05) is 12.5 Å². The minimum Gasteiger partial charge on any atom is -0.353 e. The van der Waals surface area contributed by atoms with Gasteiger partial charge in [-0.15, -0.1) is 22.7 Å². The summed E-state index contributed by atoms with van der Waals surface area (Å²) in [6.45, 7) is 0.612. The van der Waals surface area contributed by atoms with Crippen molar-refractivity contribution < 1.29 is 9.59 Å². The Hall–Kier alpha value is -1.77. The van der Waals surface area contributed by atoms with Crippen molar-refractivity contribution in [3.05, 3.63) is 33.5 Å². The second-order valence-electron chi connectivity index (χ2n) is 5.85. The molecule has 0 aliphatic heterocycles. The summed E-state index contributed by atoms with van der Waals surface area (Å²) in [4.78, 5) is 29.1. The third-order valence-electron chi connectivity index (χ3n) is 4.17. The molecule has 0 radical (unpaired) electrons. The van der Waals surface area contributed by atoms with E-state index in [1.165, 1.54) is 22.7 Å². The predicted octanol–water partition coefficient (Wildman–Crippen LogP) is 2.24. The highest BCUT2D eigenvalue weighted by Gasteiger charge is 2.27. The fourth-order valence-electron chi connectivity index (χ4n) is 2.94. The topological polar surface area (TPSA) is 97.1 Å². The molecule has 2 aromatic rings. The summed E-state index contributed by atoms with van der Waals surface area (Å²) in [6, 6.07) is 3.77. The summed E-state index contributed by atoms with van der Waals surface area (Å²) in [5.74, 6) is 0.166. The molecule has 24 heavy (non-hydrogen) atoms. The molecule has 128 valence electrons. The molecule has 0 spiro atoms. The Labute approximate surface area is 148 Å². The van der Waals surface area contributed by atoms with Gasteiger partial charge in [0.25, 0.3) is 5.91 Å². The van der Waals surface area contributed by atoms with Crippen LogP contribution in [0, 0.1) is 5.92 Å². The number of anilines is 1. The summed E-state index contributed by atoms with van der Waals surface area (Å²) < 4.78 is 0. The van der Waals surface area contributed by atoms with Crippen molar-refractivity contribution >= 4 is 39.6 Å². The zero-order valence-corrected chi connectivity index (χ0v) is 14.8. The average molecular weight is 364 g/mol. The first kappa shape index (κ1) is 17.1. The van der Waals surface area contributed by atoms with Crippen molar-refractivity contribution in [2.45, 2.75) is 31.7 Å². The van der Waals surface area contributed by atoms with Crippen LogP contribution in [-0.2, 0) is 11.2 Å². The molecule has 1 aliphatic rings. The maximum absolute atomic E-state index is 12.2. The predicted molar refractivity (Wildman–Crippen MR) is 96.4 cm³/mol. The lowest BCUT2D eigenvalue weighted by Gasteiger charge is -2.19. The van der Waals surface area contributed by atoms with Gasteiger partial charge in [0.05, 0.1) is 17.0 Å². The Morgan fingerprint density at radius 1 is 1.33 bits per heavy atom. The number of carbonyl (C=O) groups excluding carboxylic acids is 2. The first-order chi connectivity index (χ1) is 11.7. The number of aromatic nitrogens is 1. The zero-order valence-electron chi connectivity index (χ0n) is 13.2. The third-order valence-corrected chi connectivity index (χ3v) is 5.84. The maximum Gasteiger partial charge on any atom is 0.267 e. The largest absolute Gasteiger partial charge is 0.353 e. The van der Waals surface area contributed by atoms with Crippen LogP contribution in [0.15, 0.2) is 22.9 Å². The molecule has 1 fully saturated rings. The van der Waals surface area contributed by atoms with Gasteiger partial charge in [0.15, 0.2) is 5.13 Å². The van der Waals surface area contributed by atoms with E-state index in [-0.39, 0.29) is 24.3 Å². The highest BCUT2D eigenvalue weighted by Crippen LogP contribution is 2.25. The van der Waals surface area contributed by atoms with Gasteiger partial charge in [-0.05, 0) is 36.8 Å². The molecule has 0 aromatic carbocycles. The summed E-state index contributed by atoms with van der Waals surface area (Å²) >= 11 is 2.70. The lowest BCUT2D eigenvalue weighted by Crippen LogP contribution is -2.40. The van der Waals surface area contributed by atoms with E-state index in [2.05, 4.69) is 15.6 Å². The van der Waals surface area contributed by atoms with Crippen LogP contribution in [-0.4, -0.2) is 29.4 Å². The molecule has 0 bridgehead atoms. The Balaban J connectivity index is 1.52. The van der Waals surface area contributed by atoms with Crippen molar-refractivity contribution in [3.8, 4) is 0 Å². The van der Waals surface area contributed by atoms with E-state index < -0.39 is 0 Å². The Kier molecular flexibility index (Phi) is 5.60. The molecule has 2 heterocycles. The molecule has 3 rings (SSSR count). The number of nitrogens with one attached hydrogen (secondary N) is 2. The average Bonchev–Trinajstić information content (AvgIpc) is 3.28. The molecule has 2 atom stereocenters. The van der Waals surface area contributed by atoms with Crippen LogP contribution in [0.2, 0.25) is 0 Å². The first-order valence-electron chi connectivity index (χ1n) is 7.94. The van der Waals surface area contributed by atoms with Gasteiger partial charge in [-0.2, -0.15) is 0 Å². The monoisotopic (exact) mass is 364 g/mol. The van der Waals surface area contributed by atoms with Gasteiger partial charge >= 0.3 is 0 Å². The lowest BCUT2D eigenvalue weighted by molar-refractivity contribution is -0.121. The standard InChI is InChI=1S/C16H20N4O2S2/c17-8-10-3-1-4-12(10)19-14(21)7-11-9-24-16(18-11)20-15(22)13-5-2-6-23-13/h2,5-6,9-10,12H,1,3-4,7-8,17H2,(H,19,21)(H,18,20,22). The highest BCUT2D eigenvalue weighted by molar-refractivity contribution is 7.14. The van der Waals surface area contributed by atoms with Crippen molar-refractivity contribution in [2.24, 2.45) is 11.7 Å². The van der Waals surface area contributed by atoms with Crippen LogP contribution >= 0.6 is 22.7 Å². The van der Waals surface area contributed by atoms with Gasteiger partial charge in [0, 0.05) is 11.4 Å². The smallest absolute Gasteiger partial charge is 0.267 e. The number of hydrogen-bond donors (Lipinski definition) is 3. The van der Waals surface area contributed by atoms with E-state index in [1.54, 1.807) is 11.4 Å². The molecule has 1 saturated carbocycles. The van der Waals surface area contributed by atoms with E-state index in [0.717, 1.165) is 19.3 Å². The molecule has 1 aliphatic carbocycles. The van der Waals surface area contributed by atoms with Crippen LogP contribution in [0.25, 0.3) is 0 Å². The van der Waals surface area contributed by atoms with E-state index in [1.807, 2.05) is 11.4 Å². The van der Waals surface area contributed by atoms with Crippen LogP contribution in [0.4, 0.5) is 5.13 Å². The molecule has 8 heteroatoms. The van der Waals surface area contributed by atoms with E-state index in [4.69, 9.17) is 5.73 Å². The second-order valence-corrected chi connectivity index (χ2v) is 7.66. The van der Waals surface area contributed by atoms with Crippen molar-refractivity contribution in [2.75, 3.05) is 11.9 Å². The quantitative estimate of drug-likeness (QED) is 0.732. The van der Waals surface area contributed by atoms with Gasteiger partial charge in [-0.25, -0.2) is 4.98 Å². The Morgan fingerprint density at radius 3 is 2.96 bits per heavy atom. The van der Waals surface area contributed by atoms with Gasteiger partial charge in [0.1, 0.15) is 0 Å². The molecule has 0 saturated heterocycles. The molecule has 2 aromatic heterocycles. The normalized spacial score (nSPS) is 20.0. The van der Waals surface area contributed by atoms with Crippen molar-refractivity contribution in [3.63, 3.8) is 0 Å². The minimum absolute atomic E-state index is 0.0400. The summed E-state index contributed by atoms with van der Waals surface area (Å²) in [5.41, 5.74) is 6.41. The number of nitrogens with zero attached hydrogens (tertiary/aromatic N) is 1. The summed E-state index contributed by atoms with van der Waals surface area (Å²) in [7, 11) is 0. The second kappa shape index (κ2) is 7.87. The molecule has 2 amide bonds. The van der Waals surface area contributed by atoms with E-state index in [0.29, 0.717) is 28.2 Å². The molecule has 6 nitrogen and oxygen atoms in total.